The summed E-state index contributed by atoms with van der Waals surface area (Å²) >= 11 is 16.8. The van der Waals surface area contributed by atoms with Crippen molar-refractivity contribution >= 4 is 34.8 Å². The normalized spacial score (nSPS) is 16.8. The van der Waals surface area contributed by atoms with Crippen molar-refractivity contribution < 1.29 is 5.11 Å². The van der Waals surface area contributed by atoms with E-state index in [-0.39, 0.29) is 17.4 Å². The lowest BCUT2D eigenvalue weighted by Gasteiger charge is -2.11. The maximum Gasteiger partial charge on any atom is 0.0730 e. The summed E-state index contributed by atoms with van der Waals surface area (Å²) in [7, 11) is 0. The van der Waals surface area contributed by atoms with Gasteiger partial charge in [-0.15, -0.1) is 34.8 Å². The Kier molecular flexibility index (Phi) is 7.08. The topological polar surface area (TPSA) is 20.2 Å². The molecule has 0 saturated carbocycles. The van der Waals surface area contributed by atoms with Gasteiger partial charge in [-0.3, -0.25) is 0 Å². The SMILES string of the molecule is OCC(Cl)C(Cl)CCCCl. The molecule has 0 aliphatic carbocycles. The highest BCUT2D eigenvalue weighted by Crippen LogP contribution is 2.15. The first-order chi connectivity index (χ1) is 4.72. The minimum atomic E-state index is -0.343. The molecular formula is C6H11Cl3O. The maximum absolute atomic E-state index is 8.56. The van der Waals surface area contributed by atoms with Gasteiger partial charge >= 0.3 is 0 Å². The molecule has 62 valence electrons. The van der Waals surface area contributed by atoms with Crippen molar-refractivity contribution in [3.8, 4) is 0 Å². The van der Waals surface area contributed by atoms with E-state index in [0.717, 1.165) is 12.8 Å². The van der Waals surface area contributed by atoms with Crippen molar-refractivity contribution in [2.75, 3.05) is 12.5 Å². The van der Waals surface area contributed by atoms with Gasteiger partial charge in [0.05, 0.1) is 17.4 Å². The van der Waals surface area contributed by atoms with Crippen molar-refractivity contribution in [1.29, 1.82) is 0 Å². The summed E-state index contributed by atoms with van der Waals surface area (Å²) < 4.78 is 0. The van der Waals surface area contributed by atoms with E-state index in [4.69, 9.17) is 39.9 Å². The van der Waals surface area contributed by atoms with Crippen LogP contribution in [0.3, 0.4) is 0 Å². The molecule has 0 aliphatic rings. The Morgan fingerprint density at radius 1 is 1.20 bits per heavy atom. The molecule has 0 aliphatic heterocycles. The number of hydrogen-bond acceptors (Lipinski definition) is 1. The van der Waals surface area contributed by atoms with E-state index in [1.54, 1.807) is 0 Å². The van der Waals surface area contributed by atoms with E-state index < -0.39 is 0 Å². The Hall–Kier alpha value is 0.830. The van der Waals surface area contributed by atoms with Gasteiger partial charge in [0.2, 0.25) is 0 Å². The van der Waals surface area contributed by atoms with E-state index in [9.17, 15) is 0 Å². The Labute approximate surface area is 76.3 Å². The zero-order valence-corrected chi connectivity index (χ0v) is 7.83. The van der Waals surface area contributed by atoms with Crippen molar-refractivity contribution in [3.05, 3.63) is 0 Å². The standard InChI is InChI=1S/C6H11Cl3O/c7-3-1-2-5(8)6(9)4-10/h5-6,10H,1-4H2. The molecule has 4 heteroatoms. The predicted molar refractivity (Wildman–Crippen MR) is 46.3 cm³/mol. The smallest absolute Gasteiger partial charge is 0.0730 e. The summed E-state index contributed by atoms with van der Waals surface area (Å²) in [5.41, 5.74) is 0. The van der Waals surface area contributed by atoms with Gasteiger partial charge in [0.15, 0.2) is 0 Å². The van der Waals surface area contributed by atoms with Crippen LogP contribution in [-0.4, -0.2) is 28.3 Å². The van der Waals surface area contributed by atoms with Crippen LogP contribution in [-0.2, 0) is 0 Å². The molecule has 0 spiro atoms. The van der Waals surface area contributed by atoms with Gasteiger partial charge in [-0.2, -0.15) is 0 Å². The van der Waals surface area contributed by atoms with Crippen molar-refractivity contribution in [2.24, 2.45) is 0 Å². The van der Waals surface area contributed by atoms with Crippen LogP contribution in [0.15, 0.2) is 0 Å². The van der Waals surface area contributed by atoms with Gasteiger partial charge in [0.25, 0.3) is 0 Å². The van der Waals surface area contributed by atoms with Crippen LogP contribution in [0.5, 0.6) is 0 Å². The summed E-state index contributed by atoms with van der Waals surface area (Å²) in [5, 5.41) is 8.05. The molecule has 0 fully saturated rings. The van der Waals surface area contributed by atoms with Crippen LogP contribution in [0, 0.1) is 0 Å². The molecule has 0 amide bonds. The predicted octanol–water partition coefficient (Wildman–Crippen LogP) is 2.21. The minimum absolute atomic E-state index is 0.0714. The molecule has 0 saturated heterocycles. The average Bonchev–Trinajstić information content (AvgIpc) is 1.98. The number of hydrogen-bond donors (Lipinski definition) is 1. The number of alkyl halides is 3. The van der Waals surface area contributed by atoms with Crippen molar-refractivity contribution in [3.63, 3.8) is 0 Å². The van der Waals surface area contributed by atoms with E-state index in [1.807, 2.05) is 0 Å². The fourth-order valence-corrected chi connectivity index (χ4v) is 1.08. The summed E-state index contributed by atoms with van der Waals surface area (Å²) in [5.74, 6) is 0.595. The molecule has 0 rings (SSSR count). The fourth-order valence-electron chi connectivity index (χ4n) is 0.567. The van der Waals surface area contributed by atoms with Gasteiger partial charge in [-0.1, -0.05) is 0 Å². The van der Waals surface area contributed by atoms with Gasteiger partial charge in [-0.05, 0) is 12.8 Å². The van der Waals surface area contributed by atoms with Crippen LogP contribution in [0.25, 0.3) is 0 Å². The maximum atomic E-state index is 8.56. The van der Waals surface area contributed by atoms with Crippen molar-refractivity contribution in [1.82, 2.24) is 0 Å². The fraction of sp³-hybridized carbons (Fsp3) is 1.00. The molecule has 0 aromatic heterocycles. The highest BCUT2D eigenvalue weighted by atomic mass is 35.5. The van der Waals surface area contributed by atoms with Gasteiger partial charge in [-0.25, -0.2) is 0 Å². The summed E-state index contributed by atoms with van der Waals surface area (Å²) in [6.45, 7) is -0.0714. The number of aliphatic hydroxyl groups is 1. The third kappa shape index (κ3) is 4.62. The van der Waals surface area contributed by atoms with Gasteiger partial charge < -0.3 is 5.11 Å². The second-order valence-electron chi connectivity index (χ2n) is 2.05. The summed E-state index contributed by atoms with van der Waals surface area (Å²) in [6, 6.07) is 0. The second kappa shape index (κ2) is 6.53. The highest BCUT2D eigenvalue weighted by molar-refractivity contribution is 6.30. The zero-order valence-electron chi connectivity index (χ0n) is 5.56. The lowest BCUT2D eigenvalue weighted by atomic mass is 10.2. The minimum Gasteiger partial charge on any atom is -0.395 e. The number of aliphatic hydroxyl groups excluding tert-OH is 1. The third-order valence-electron chi connectivity index (χ3n) is 1.18. The molecule has 1 nitrogen and oxygen atoms in total. The lowest BCUT2D eigenvalue weighted by molar-refractivity contribution is 0.288. The Morgan fingerprint density at radius 3 is 2.20 bits per heavy atom. The summed E-state index contributed by atoms with van der Waals surface area (Å²) in [6.07, 6.45) is 1.61. The van der Waals surface area contributed by atoms with Gasteiger partial charge in [0, 0.05) is 5.88 Å². The van der Waals surface area contributed by atoms with Crippen LogP contribution in [0.1, 0.15) is 12.8 Å². The first-order valence-electron chi connectivity index (χ1n) is 3.17. The second-order valence-corrected chi connectivity index (χ2v) is 3.54. The molecule has 0 heterocycles. The van der Waals surface area contributed by atoms with Crippen molar-refractivity contribution in [2.45, 2.75) is 23.6 Å². The third-order valence-corrected chi connectivity index (χ3v) is 2.54. The molecule has 0 bridgehead atoms. The number of rotatable bonds is 5. The summed E-state index contributed by atoms with van der Waals surface area (Å²) in [4.78, 5) is 0. The first-order valence-corrected chi connectivity index (χ1v) is 4.58. The molecule has 0 radical (unpaired) electrons. The molecule has 1 N–H and O–H groups in total. The first kappa shape index (κ1) is 10.8. The Bertz CT molecular complexity index is 79.4. The molecule has 2 unspecified atom stereocenters. The van der Waals surface area contributed by atoms with E-state index in [0.29, 0.717) is 5.88 Å². The lowest BCUT2D eigenvalue weighted by Crippen LogP contribution is -2.18. The number of halogens is 3. The molecular weight excluding hydrogens is 194 g/mol. The van der Waals surface area contributed by atoms with Crippen LogP contribution < -0.4 is 0 Å². The van der Waals surface area contributed by atoms with Crippen LogP contribution >= 0.6 is 34.8 Å². The van der Waals surface area contributed by atoms with Crippen LogP contribution in [0.2, 0.25) is 0 Å². The molecule has 10 heavy (non-hydrogen) atoms. The quantitative estimate of drug-likeness (QED) is 0.683. The Morgan fingerprint density at radius 2 is 1.80 bits per heavy atom. The van der Waals surface area contributed by atoms with E-state index >= 15 is 0 Å². The largest absolute Gasteiger partial charge is 0.395 e. The molecule has 2 atom stereocenters. The van der Waals surface area contributed by atoms with E-state index in [1.165, 1.54) is 0 Å². The Balaban J connectivity index is 3.31. The van der Waals surface area contributed by atoms with Crippen LogP contribution in [0.4, 0.5) is 0 Å². The monoisotopic (exact) mass is 204 g/mol. The molecule has 0 aromatic rings. The average molecular weight is 206 g/mol. The molecule has 0 aromatic carbocycles. The highest BCUT2D eigenvalue weighted by Gasteiger charge is 2.14. The zero-order chi connectivity index (χ0) is 7.98. The van der Waals surface area contributed by atoms with E-state index in [2.05, 4.69) is 0 Å². The van der Waals surface area contributed by atoms with Gasteiger partial charge in [0.1, 0.15) is 0 Å².